The van der Waals surface area contributed by atoms with Gasteiger partial charge in [-0.1, -0.05) is 32.1 Å². The van der Waals surface area contributed by atoms with Gasteiger partial charge in [0.05, 0.1) is 22.2 Å². The lowest BCUT2D eigenvalue weighted by molar-refractivity contribution is -0.137. The number of benzene rings is 1. The molecule has 3 rings (SSSR count). The van der Waals surface area contributed by atoms with Crippen LogP contribution < -0.4 is 10.5 Å². The number of allylic oxidation sites excluding steroid dienone is 2. The van der Waals surface area contributed by atoms with Crippen LogP contribution in [-0.2, 0) is 16.3 Å². The molecule has 1 aliphatic heterocycles. The maximum absolute atomic E-state index is 13.9. The Morgan fingerprint density at radius 2 is 2.06 bits per heavy atom. The standard InChI is InChI=1S/C24H27F3N4O2/c1-14(2)23(19(13-28)21(29)33-22-20(23)15(3)30-31-22)17-10-16(8-6-5-7-9-32-4)11-18(12-17)24(25,26)27/h6,8,10-12,14H,5,7,9,29H2,1-4H3,(H,30,31). The first-order valence-corrected chi connectivity index (χ1v) is 10.6. The number of ether oxygens (including phenoxy) is 2. The first-order chi connectivity index (χ1) is 15.6. The Kier molecular flexibility index (Phi) is 6.89. The van der Waals surface area contributed by atoms with Crippen LogP contribution in [-0.4, -0.2) is 23.9 Å². The molecule has 0 bridgehead atoms. The summed E-state index contributed by atoms with van der Waals surface area (Å²) in [5, 5.41) is 17.0. The van der Waals surface area contributed by atoms with Crippen LogP contribution in [0.25, 0.3) is 6.08 Å². The molecule has 2 aromatic rings. The van der Waals surface area contributed by atoms with Crippen molar-refractivity contribution in [2.24, 2.45) is 11.7 Å². The van der Waals surface area contributed by atoms with Gasteiger partial charge in [-0.05, 0) is 48.9 Å². The van der Waals surface area contributed by atoms with Crippen molar-refractivity contribution in [2.45, 2.75) is 45.2 Å². The van der Waals surface area contributed by atoms with Gasteiger partial charge in [-0.2, -0.15) is 23.5 Å². The van der Waals surface area contributed by atoms with Crippen LogP contribution in [0.3, 0.4) is 0 Å². The Bertz CT molecular complexity index is 1130. The minimum absolute atomic E-state index is 0.0591. The fourth-order valence-corrected chi connectivity index (χ4v) is 4.48. The van der Waals surface area contributed by atoms with Gasteiger partial charge in [-0.15, -0.1) is 0 Å². The Morgan fingerprint density at radius 1 is 1.33 bits per heavy atom. The van der Waals surface area contributed by atoms with Gasteiger partial charge in [0.15, 0.2) is 0 Å². The van der Waals surface area contributed by atoms with Crippen molar-refractivity contribution in [3.63, 3.8) is 0 Å². The minimum atomic E-state index is -4.58. The maximum Gasteiger partial charge on any atom is 0.416 e. The van der Waals surface area contributed by atoms with Crippen molar-refractivity contribution in [3.8, 4) is 11.9 Å². The summed E-state index contributed by atoms with van der Waals surface area (Å²) in [7, 11) is 1.60. The normalized spacial score (nSPS) is 18.5. The van der Waals surface area contributed by atoms with Crippen molar-refractivity contribution in [2.75, 3.05) is 13.7 Å². The predicted octanol–water partition coefficient (Wildman–Crippen LogP) is 5.21. The van der Waals surface area contributed by atoms with Crippen LogP contribution in [0.5, 0.6) is 5.88 Å². The molecule has 0 spiro atoms. The third-order valence-corrected chi connectivity index (χ3v) is 5.91. The Morgan fingerprint density at radius 3 is 2.67 bits per heavy atom. The lowest BCUT2D eigenvalue weighted by atomic mass is 9.61. The van der Waals surface area contributed by atoms with Crippen molar-refractivity contribution >= 4 is 6.08 Å². The molecular formula is C24H27F3N4O2. The van der Waals surface area contributed by atoms with E-state index in [1.807, 2.05) is 19.9 Å². The number of alkyl halides is 3. The van der Waals surface area contributed by atoms with E-state index in [2.05, 4.69) is 16.3 Å². The molecule has 1 aliphatic rings. The zero-order chi connectivity index (χ0) is 24.4. The average Bonchev–Trinajstić information content (AvgIpc) is 3.11. The Balaban J connectivity index is 2.30. The number of rotatable bonds is 7. The Labute approximate surface area is 190 Å². The molecule has 6 nitrogen and oxygen atoms in total. The van der Waals surface area contributed by atoms with E-state index in [0.29, 0.717) is 35.4 Å². The summed E-state index contributed by atoms with van der Waals surface area (Å²) in [4.78, 5) is 0. The van der Waals surface area contributed by atoms with Crippen LogP contribution in [0.1, 0.15) is 54.6 Å². The molecule has 9 heteroatoms. The van der Waals surface area contributed by atoms with E-state index in [9.17, 15) is 18.4 Å². The molecule has 1 aromatic heterocycles. The van der Waals surface area contributed by atoms with Crippen molar-refractivity contribution in [1.82, 2.24) is 10.2 Å². The van der Waals surface area contributed by atoms with E-state index in [4.69, 9.17) is 15.2 Å². The number of nitriles is 1. The van der Waals surface area contributed by atoms with Crippen molar-refractivity contribution in [3.05, 3.63) is 63.7 Å². The van der Waals surface area contributed by atoms with Gasteiger partial charge in [0, 0.05) is 13.7 Å². The Hall–Kier alpha value is -3.25. The average molecular weight is 461 g/mol. The number of hydrogen-bond acceptors (Lipinski definition) is 5. The van der Waals surface area contributed by atoms with Crippen molar-refractivity contribution < 1.29 is 22.6 Å². The molecule has 1 aromatic carbocycles. The number of fused-ring (bicyclic) bond motifs is 1. The fourth-order valence-electron chi connectivity index (χ4n) is 4.48. The van der Waals surface area contributed by atoms with Gasteiger partial charge in [-0.3, -0.25) is 0 Å². The highest BCUT2D eigenvalue weighted by molar-refractivity contribution is 5.64. The number of aryl methyl sites for hydroxylation is 1. The maximum atomic E-state index is 13.9. The molecule has 176 valence electrons. The van der Waals surface area contributed by atoms with Gasteiger partial charge in [0.2, 0.25) is 11.8 Å². The molecular weight excluding hydrogens is 433 g/mol. The molecule has 33 heavy (non-hydrogen) atoms. The lowest BCUT2D eigenvalue weighted by Gasteiger charge is -2.41. The topological polar surface area (TPSA) is 97.0 Å². The highest BCUT2D eigenvalue weighted by Crippen LogP contribution is 2.53. The van der Waals surface area contributed by atoms with Gasteiger partial charge in [-0.25, -0.2) is 5.10 Å². The van der Waals surface area contributed by atoms with Crippen LogP contribution in [0.15, 0.2) is 35.7 Å². The van der Waals surface area contributed by atoms with Crippen molar-refractivity contribution in [1.29, 1.82) is 5.26 Å². The summed E-state index contributed by atoms with van der Waals surface area (Å²) in [6, 6.07) is 5.97. The molecule has 0 aliphatic carbocycles. The summed E-state index contributed by atoms with van der Waals surface area (Å²) in [5.74, 6) is -0.269. The number of hydrogen-bond donors (Lipinski definition) is 2. The zero-order valence-corrected chi connectivity index (χ0v) is 19.0. The van der Waals surface area contributed by atoms with Crippen LogP contribution in [0, 0.1) is 24.2 Å². The molecule has 0 radical (unpaired) electrons. The number of nitrogens with two attached hydrogens (primary N) is 1. The quantitative estimate of drug-likeness (QED) is 0.553. The smallest absolute Gasteiger partial charge is 0.416 e. The van der Waals surface area contributed by atoms with E-state index in [0.717, 1.165) is 18.6 Å². The van der Waals surface area contributed by atoms with E-state index < -0.39 is 17.2 Å². The number of unbranched alkanes of at least 4 members (excludes halogenated alkanes) is 1. The number of H-pyrrole nitrogens is 1. The highest BCUT2D eigenvalue weighted by Gasteiger charge is 2.51. The fraction of sp³-hybridized carbons (Fsp3) is 0.417. The summed E-state index contributed by atoms with van der Waals surface area (Å²) in [6.45, 7) is 5.96. The van der Waals surface area contributed by atoms with Gasteiger partial charge in [0.25, 0.3) is 0 Å². The number of aromatic nitrogens is 2. The van der Waals surface area contributed by atoms with Gasteiger partial charge in [0.1, 0.15) is 11.6 Å². The van der Waals surface area contributed by atoms with Gasteiger partial charge >= 0.3 is 6.18 Å². The lowest BCUT2D eigenvalue weighted by Crippen LogP contribution is -2.41. The van der Waals surface area contributed by atoms with Crippen LogP contribution >= 0.6 is 0 Å². The van der Waals surface area contributed by atoms with Gasteiger partial charge < -0.3 is 15.2 Å². The number of halogens is 3. The third-order valence-electron chi connectivity index (χ3n) is 5.91. The first-order valence-electron chi connectivity index (χ1n) is 10.6. The van der Waals surface area contributed by atoms with E-state index in [1.54, 1.807) is 26.2 Å². The van der Waals surface area contributed by atoms with E-state index >= 15 is 0 Å². The zero-order valence-electron chi connectivity index (χ0n) is 19.0. The second-order valence-corrected chi connectivity index (χ2v) is 8.31. The molecule has 1 unspecified atom stereocenters. The number of nitrogens with zero attached hydrogens (tertiary/aromatic N) is 2. The summed E-state index contributed by atoms with van der Waals surface area (Å²) >= 11 is 0. The number of methoxy groups -OCH3 is 1. The molecule has 2 heterocycles. The largest absolute Gasteiger partial charge is 0.422 e. The molecule has 0 saturated carbocycles. The van der Waals surface area contributed by atoms with Crippen LogP contribution in [0.2, 0.25) is 0 Å². The first kappa shape index (κ1) is 24.4. The van der Waals surface area contributed by atoms with Crippen LogP contribution in [0.4, 0.5) is 13.2 Å². The number of nitrogens with one attached hydrogen (secondary N) is 1. The van der Waals surface area contributed by atoms with E-state index in [1.165, 1.54) is 0 Å². The summed E-state index contributed by atoms with van der Waals surface area (Å²) < 4.78 is 52.3. The second-order valence-electron chi connectivity index (χ2n) is 8.31. The monoisotopic (exact) mass is 460 g/mol. The summed E-state index contributed by atoms with van der Waals surface area (Å²) in [6.07, 6.45) is 0.304. The SMILES string of the molecule is COCCCC=Cc1cc(C(F)(F)F)cc(C2(C(C)C)C(C#N)=C(N)Oc3[nH]nc(C)c32)c1. The third kappa shape index (κ3) is 4.35. The summed E-state index contributed by atoms with van der Waals surface area (Å²) in [5.41, 5.74) is 5.79. The molecule has 3 N–H and O–H groups in total. The molecule has 1 atom stereocenters. The second kappa shape index (κ2) is 9.32. The highest BCUT2D eigenvalue weighted by atomic mass is 19.4. The molecule has 0 saturated heterocycles. The minimum Gasteiger partial charge on any atom is -0.422 e. The van der Waals surface area contributed by atoms with E-state index in [-0.39, 0.29) is 23.3 Å². The number of aromatic amines is 1. The predicted molar refractivity (Wildman–Crippen MR) is 118 cm³/mol. The molecule has 0 fully saturated rings. The molecule has 0 amide bonds.